The molecule has 0 amide bonds. The van der Waals surface area contributed by atoms with Gasteiger partial charge >= 0.3 is 0 Å². The maximum Gasteiger partial charge on any atom is -0.0351 e. The molecule has 0 aromatic heterocycles. The van der Waals surface area contributed by atoms with E-state index in [1.54, 1.807) is 0 Å². The Morgan fingerprint density at radius 3 is 1.27 bits per heavy atom. The molecule has 0 bridgehead atoms. The van der Waals surface area contributed by atoms with Crippen LogP contribution in [0.2, 0.25) is 0 Å². The highest BCUT2D eigenvalue weighted by molar-refractivity contribution is 4.81. The van der Waals surface area contributed by atoms with E-state index in [0.717, 1.165) is 6.42 Å². The van der Waals surface area contributed by atoms with Crippen LogP contribution in [0, 0.1) is 6.92 Å². The zero-order chi connectivity index (χ0) is 16.1. The molecule has 0 saturated carbocycles. The van der Waals surface area contributed by atoms with Gasteiger partial charge < -0.3 is 0 Å². The van der Waals surface area contributed by atoms with E-state index in [4.69, 9.17) is 0 Å². The summed E-state index contributed by atoms with van der Waals surface area (Å²) < 4.78 is 0. The van der Waals surface area contributed by atoms with Crippen molar-refractivity contribution in [2.75, 3.05) is 0 Å². The molecule has 0 aliphatic carbocycles. The minimum Gasteiger partial charge on any atom is -0.0885 e. The highest BCUT2D eigenvalue weighted by atomic mass is 14.0. The first kappa shape index (κ1) is 21.7. The molecule has 22 heavy (non-hydrogen) atoms. The van der Waals surface area contributed by atoms with Crippen molar-refractivity contribution in [3.8, 4) is 0 Å². The zero-order valence-corrected chi connectivity index (χ0v) is 15.6. The summed E-state index contributed by atoms with van der Waals surface area (Å²) in [5, 5.41) is 0. The van der Waals surface area contributed by atoms with Gasteiger partial charge in [0.15, 0.2) is 0 Å². The molecule has 0 aromatic rings. The Kier molecular flexibility index (Phi) is 20.5. The third-order valence-electron chi connectivity index (χ3n) is 4.51. The molecule has 0 fully saturated rings. The lowest BCUT2D eigenvalue weighted by Gasteiger charge is -2.02. The lowest BCUT2D eigenvalue weighted by Crippen LogP contribution is -1.82. The van der Waals surface area contributed by atoms with Crippen molar-refractivity contribution in [2.45, 2.75) is 122 Å². The van der Waals surface area contributed by atoms with Gasteiger partial charge in [-0.15, -0.1) is 0 Å². The molecule has 0 atom stereocenters. The third kappa shape index (κ3) is 19.7. The quantitative estimate of drug-likeness (QED) is 0.176. The van der Waals surface area contributed by atoms with Gasteiger partial charge in [0.05, 0.1) is 0 Å². The van der Waals surface area contributed by atoms with Crippen LogP contribution in [-0.4, -0.2) is 0 Å². The summed E-state index contributed by atoms with van der Waals surface area (Å²) in [6, 6.07) is 0. The van der Waals surface area contributed by atoms with E-state index in [1.165, 1.54) is 109 Å². The van der Waals surface area contributed by atoms with Crippen molar-refractivity contribution < 1.29 is 0 Å². The Labute approximate surface area is 142 Å². The summed E-state index contributed by atoms with van der Waals surface area (Å²) in [5.74, 6) is 0. The molecule has 0 aliphatic rings. The third-order valence-corrected chi connectivity index (χ3v) is 4.51. The molecule has 0 rings (SSSR count). The van der Waals surface area contributed by atoms with Crippen LogP contribution in [0.4, 0.5) is 0 Å². The van der Waals surface area contributed by atoms with E-state index in [1.807, 2.05) is 0 Å². The van der Waals surface area contributed by atoms with Crippen molar-refractivity contribution in [1.82, 2.24) is 0 Å². The summed E-state index contributed by atoms with van der Waals surface area (Å²) >= 11 is 0. The molecule has 131 valence electrons. The number of allylic oxidation sites excluding steroid dienone is 2. The van der Waals surface area contributed by atoms with Crippen LogP contribution >= 0.6 is 0 Å². The SMILES string of the molecule is [CH2]CCCCC=CCCCCCCCCCCCCCCC. The predicted octanol–water partition coefficient (Wildman–Crippen LogP) is 8.42. The molecule has 0 saturated heterocycles. The Morgan fingerprint density at radius 1 is 0.500 bits per heavy atom. The van der Waals surface area contributed by atoms with Gasteiger partial charge in [0.2, 0.25) is 0 Å². The number of unbranched alkanes of at least 4 members (excludes halogenated alkanes) is 16. The topological polar surface area (TPSA) is 0 Å². The van der Waals surface area contributed by atoms with E-state index in [-0.39, 0.29) is 0 Å². The fourth-order valence-electron chi connectivity index (χ4n) is 2.95. The van der Waals surface area contributed by atoms with Crippen LogP contribution in [0.1, 0.15) is 122 Å². The largest absolute Gasteiger partial charge is 0.0885 e. The average molecular weight is 308 g/mol. The van der Waals surface area contributed by atoms with Crippen molar-refractivity contribution >= 4 is 0 Å². The molecule has 0 aromatic carbocycles. The highest BCUT2D eigenvalue weighted by Gasteiger charge is 1.93. The van der Waals surface area contributed by atoms with Crippen LogP contribution in [0.5, 0.6) is 0 Å². The summed E-state index contributed by atoms with van der Waals surface area (Å²) in [4.78, 5) is 0. The smallest absolute Gasteiger partial charge is 0.0351 e. The van der Waals surface area contributed by atoms with Gasteiger partial charge in [0, 0.05) is 0 Å². The minimum absolute atomic E-state index is 1.09. The number of rotatable bonds is 18. The van der Waals surface area contributed by atoms with E-state index in [0.29, 0.717) is 0 Å². The van der Waals surface area contributed by atoms with Crippen LogP contribution in [0.25, 0.3) is 0 Å². The van der Waals surface area contributed by atoms with Crippen LogP contribution in [-0.2, 0) is 0 Å². The second-order valence-electron chi connectivity index (χ2n) is 6.85. The maximum atomic E-state index is 3.88. The fraction of sp³-hybridized carbons (Fsp3) is 0.864. The molecule has 0 unspecified atom stereocenters. The van der Waals surface area contributed by atoms with Crippen LogP contribution < -0.4 is 0 Å². The van der Waals surface area contributed by atoms with Gasteiger partial charge in [0.25, 0.3) is 0 Å². The van der Waals surface area contributed by atoms with E-state index in [9.17, 15) is 0 Å². The maximum absolute atomic E-state index is 3.88. The Hall–Kier alpha value is -0.260. The van der Waals surface area contributed by atoms with Crippen molar-refractivity contribution in [2.24, 2.45) is 0 Å². The first-order chi connectivity index (χ1) is 10.9. The summed E-state index contributed by atoms with van der Waals surface area (Å²) in [6.07, 6.45) is 29.8. The minimum atomic E-state index is 1.09. The second-order valence-corrected chi connectivity index (χ2v) is 6.85. The lowest BCUT2D eigenvalue weighted by molar-refractivity contribution is 0.540. The van der Waals surface area contributed by atoms with Gasteiger partial charge in [-0.25, -0.2) is 0 Å². The standard InChI is InChI=1S/C22H43/c1-3-5-7-9-11-13-15-17-19-21-22-20-18-16-14-12-10-8-6-4-2/h11,13H,1,3-10,12,14-22H2,2H3. The molecule has 0 spiro atoms. The molecular formula is C22H43. The average Bonchev–Trinajstić information content (AvgIpc) is 2.54. The lowest BCUT2D eigenvalue weighted by atomic mass is 10.0. The fourth-order valence-corrected chi connectivity index (χ4v) is 2.95. The predicted molar refractivity (Wildman–Crippen MR) is 103 cm³/mol. The molecule has 0 heteroatoms. The van der Waals surface area contributed by atoms with Crippen molar-refractivity contribution in [1.29, 1.82) is 0 Å². The summed E-state index contributed by atoms with van der Waals surface area (Å²) in [7, 11) is 0. The molecule has 0 nitrogen and oxygen atoms in total. The summed E-state index contributed by atoms with van der Waals surface area (Å²) in [5.41, 5.74) is 0. The molecule has 0 N–H and O–H groups in total. The van der Waals surface area contributed by atoms with Gasteiger partial charge in [-0.1, -0.05) is 116 Å². The van der Waals surface area contributed by atoms with Gasteiger partial charge in [0.1, 0.15) is 0 Å². The van der Waals surface area contributed by atoms with Gasteiger partial charge in [-0.2, -0.15) is 0 Å². The highest BCUT2D eigenvalue weighted by Crippen LogP contribution is 2.13. The first-order valence-corrected chi connectivity index (χ1v) is 10.4. The number of hydrogen-bond donors (Lipinski definition) is 0. The summed E-state index contributed by atoms with van der Waals surface area (Å²) in [6.45, 7) is 6.17. The van der Waals surface area contributed by atoms with Gasteiger partial charge in [-0.3, -0.25) is 0 Å². The molecule has 0 heterocycles. The normalized spacial score (nSPS) is 11.5. The Bertz CT molecular complexity index is 204. The van der Waals surface area contributed by atoms with Crippen molar-refractivity contribution in [3.63, 3.8) is 0 Å². The monoisotopic (exact) mass is 307 g/mol. The van der Waals surface area contributed by atoms with E-state index >= 15 is 0 Å². The molecule has 0 aliphatic heterocycles. The molecule has 1 radical (unpaired) electrons. The van der Waals surface area contributed by atoms with Gasteiger partial charge in [-0.05, 0) is 25.7 Å². The number of hydrogen-bond acceptors (Lipinski definition) is 0. The van der Waals surface area contributed by atoms with E-state index in [2.05, 4.69) is 26.0 Å². The van der Waals surface area contributed by atoms with Crippen LogP contribution in [0.15, 0.2) is 12.2 Å². The zero-order valence-electron chi connectivity index (χ0n) is 15.6. The van der Waals surface area contributed by atoms with E-state index < -0.39 is 0 Å². The Balaban J connectivity index is 2.99. The van der Waals surface area contributed by atoms with Crippen LogP contribution in [0.3, 0.4) is 0 Å². The van der Waals surface area contributed by atoms with Crippen molar-refractivity contribution in [3.05, 3.63) is 19.1 Å². The first-order valence-electron chi connectivity index (χ1n) is 10.4. The second kappa shape index (κ2) is 20.7. The molecular weight excluding hydrogens is 264 g/mol. The Morgan fingerprint density at radius 2 is 0.864 bits per heavy atom.